The summed E-state index contributed by atoms with van der Waals surface area (Å²) >= 11 is 5.29. The van der Waals surface area contributed by atoms with Crippen LogP contribution in [0.3, 0.4) is 0 Å². The van der Waals surface area contributed by atoms with E-state index in [1.807, 2.05) is 18.1 Å². The van der Waals surface area contributed by atoms with Gasteiger partial charge in [-0.3, -0.25) is 0 Å². The van der Waals surface area contributed by atoms with Crippen molar-refractivity contribution in [3.8, 4) is 0 Å². The van der Waals surface area contributed by atoms with Gasteiger partial charge in [0, 0.05) is 0 Å². The van der Waals surface area contributed by atoms with Crippen LogP contribution in [-0.2, 0) is 11.2 Å². The van der Waals surface area contributed by atoms with Crippen LogP contribution >= 0.6 is 27.3 Å². The van der Waals surface area contributed by atoms with Crippen molar-refractivity contribution in [1.82, 2.24) is 0 Å². The summed E-state index contributed by atoms with van der Waals surface area (Å²) in [5.41, 5.74) is 0. The molecular weight excluding hydrogens is 463 g/mol. The second-order valence-corrected chi connectivity index (χ2v) is 10.2. The fraction of sp³-hybridized carbons (Fsp3) is 0.565. The van der Waals surface area contributed by atoms with Gasteiger partial charge in [0.2, 0.25) is 0 Å². The Labute approximate surface area is 192 Å². The van der Waals surface area contributed by atoms with Gasteiger partial charge >= 0.3 is 193 Å². The van der Waals surface area contributed by atoms with E-state index >= 15 is 0 Å². The van der Waals surface area contributed by atoms with E-state index in [0.29, 0.717) is 19.3 Å². The normalized spacial score (nSPS) is 25.3. The van der Waals surface area contributed by atoms with E-state index < -0.39 is 18.2 Å². The molecular formula is C23H32BBrO4S. The molecule has 1 heterocycles. The number of aryl methyl sites for hydroxylation is 2. The van der Waals surface area contributed by atoms with Gasteiger partial charge in [-0.05, 0) is 0 Å². The number of aliphatic hydroxyl groups excluding tert-OH is 2. The van der Waals surface area contributed by atoms with Crippen molar-refractivity contribution in [3.63, 3.8) is 0 Å². The zero-order valence-electron chi connectivity index (χ0n) is 17.5. The third kappa shape index (κ3) is 7.91. The Morgan fingerprint density at radius 2 is 2.20 bits per heavy atom. The van der Waals surface area contributed by atoms with Crippen LogP contribution < -0.4 is 0 Å². The van der Waals surface area contributed by atoms with E-state index in [4.69, 9.17) is 5.11 Å². The van der Waals surface area contributed by atoms with Crippen LogP contribution in [0.2, 0.25) is 0 Å². The SMILES string of the molecule is B=CC1CC(O)[C@H](C/C=C\CCCC(=O)O)[C@H]1/C=C/[C@@H](O)CCc1cc(Br)c(C)s1. The Kier molecular flexibility index (Phi) is 10.7. The molecule has 2 unspecified atom stereocenters. The Balaban J connectivity index is 1.89. The number of aliphatic hydroxyl groups is 2. The van der Waals surface area contributed by atoms with Crippen LogP contribution in [-0.4, -0.2) is 47.0 Å². The van der Waals surface area contributed by atoms with E-state index in [1.54, 1.807) is 11.3 Å². The summed E-state index contributed by atoms with van der Waals surface area (Å²) in [6, 6.07) is 2.12. The molecule has 0 saturated heterocycles. The summed E-state index contributed by atoms with van der Waals surface area (Å²) in [5.74, 6) is 1.57. The molecule has 1 aliphatic rings. The summed E-state index contributed by atoms with van der Waals surface area (Å²) < 4.78 is 1.13. The van der Waals surface area contributed by atoms with Crippen molar-refractivity contribution in [2.45, 2.75) is 64.1 Å². The Bertz CT molecular complexity index is 741. The van der Waals surface area contributed by atoms with E-state index in [9.17, 15) is 15.0 Å². The average molecular weight is 495 g/mol. The number of hydrogen-bond acceptors (Lipinski definition) is 4. The van der Waals surface area contributed by atoms with Gasteiger partial charge in [0.05, 0.1) is 0 Å². The fourth-order valence-electron chi connectivity index (χ4n) is 4.06. The van der Waals surface area contributed by atoms with Crippen LogP contribution in [0.15, 0.2) is 34.8 Å². The minimum atomic E-state index is -0.769. The molecule has 1 aliphatic carbocycles. The van der Waals surface area contributed by atoms with E-state index in [2.05, 4.69) is 48.6 Å². The molecule has 2 rings (SSSR count). The molecule has 5 atom stereocenters. The average Bonchev–Trinajstić information content (AvgIpc) is 3.19. The maximum absolute atomic E-state index is 10.6. The second kappa shape index (κ2) is 12.7. The van der Waals surface area contributed by atoms with Gasteiger partial charge in [-0.25, -0.2) is 0 Å². The number of halogens is 1. The third-order valence-electron chi connectivity index (χ3n) is 5.79. The van der Waals surface area contributed by atoms with Gasteiger partial charge in [0.25, 0.3) is 0 Å². The van der Waals surface area contributed by atoms with E-state index in [1.165, 1.54) is 9.75 Å². The predicted molar refractivity (Wildman–Crippen MR) is 130 cm³/mol. The number of unbranched alkanes of at least 4 members (excludes halogenated alkanes) is 1. The molecule has 1 saturated carbocycles. The number of carboxylic acids is 1. The van der Waals surface area contributed by atoms with Crippen molar-refractivity contribution in [1.29, 1.82) is 0 Å². The van der Waals surface area contributed by atoms with Crippen LogP contribution in [0.4, 0.5) is 0 Å². The van der Waals surface area contributed by atoms with Crippen LogP contribution in [0.5, 0.6) is 0 Å². The van der Waals surface area contributed by atoms with Gasteiger partial charge < -0.3 is 0 Å². The molecule has 164 valence electrons. The standard InChI is InChI=1S/C23H32BBrO4S/c1-15-21(25)13-18(30-15)10-8-17(26)9-11-19-16(14-24)12-22(27)20(19)6-4-2-3-5-7-23(28)29/h2,4,9,11,13-14,16-17,19-20,22,24,26-27H,3,5-8,10,12H2,1H3,(H,28,29)/b4-2-,11-9+/t16?,17-,19-,20+,22?/m0/s1. The quantitative estimate of drug-likeness (QED) is 0.231. The molecule has 7 heteroatoms. The molecule has 0 aliphatic heterocycles. The third-order valence-corrected chi connectivity index (χ3v) is 7.98. The minimum absolute atomic E-state index is 0.0862. The molecule has 0 amide bonds. The number of carboxylic acid groups (broad SMARTS) is 1. The number of rotatable bonds is 12. The summed E-state index contributed by atoms with van der Waals surface area (Å²) in [5, 5.41) is 29.6. The van der Waals surface area contributed by atoms with Crippen LogP contribution in [0, 0.1) is 24.7 Å². The first-order valence-electron chi connectivity index (χ1n) is 10.6. The Morgan fingerprint density at radius 3 is 2.83 bits per heavy atom. The van der Waals surface area contributed by atoms with Gasteiger partial charge in [-0.1, -0.05) is 0 Å². The molecule has 0 bridgehead atoms. The number of thiophene rings is 1. The summed E-state index contributed by atoms with van der Waals surface area (Å²) in [6.07, 6.45) is 11.6. The summed E-state index contributed by atoms with van der Waals surface area (Å²) in [6.45, 7) is 2.08. The molecule has 30 heavy (non-hydrogen) atoms. The zero-order valence-corrected chi connectivity index (χ0v) is 19.9. The molecule has 1 aromatic rings. The predicted octanol–water partition coefficient (Wildman–Crippen LogP) is 4.19. The molecule has 0 aromatic carbocycles. The summed E-state index contributed by atoms with van der Waals surface area (Å²) in [7, 11) is 3.93. The molecule has 0 spiro atoms. The maximum atomic E-state index is 10.6. The first kappa shape index (κ1) is 25.2. The molecule has 1 aromatic heterocycles. The molecule has 3 N–H and O–H groups in total. The topological polar surface area (TPSA) is 77.8 Å². The first-order chi connectivity index (χ1) is 14.3. The van der Waals surface area contributed by atoms with Crippen LogP contribution in [0.1, 0.15) is 48.3 Å². The van der Waals surface area contributed by atoms with Gasteiger partial charge in [-0.15, -0.1) is 0 Å². The van der Waals surface area contributed by atoms with E-state index in [0.717, 1.165) is 23.7 Å². The Morgan fingerprint density at radius 1 is 1.43 bits per heavy atom. The second-order valence-electron chi connectivity index (χ2n) is 8.04. The van der Waals surface area contributed by atoms with E-state index in [-0.39, 0.29) is 24.2 Å². The Hall–Kier alpha value is -1.02. The van der Waals surface area contributed by atoms with Crippen molar-refractivity contribution in [3.05, 3.63) is 44.6 Å². The van der Waals surface area contributed by atoms with Crippen molar-refractivity contribution in [2.75, 3.05) is 0 Å². The van der Waals surface area contributed by atoms with Gasteiger partial charge in [0.1, 0.15) is 0 Å². The van der Waals surface area contributed by atoms with Gasteiger partial charge in [-0.2, -0.15) is 0 Å². The number of carbonyl (C=O) groups is 1. The first-order valence-corrected chi connectivity index (χ1v) is 12.2. The summed E-state index contributed by atoms with van der Waals surface area (Å²) in [4.78, 5) is 13.1. The van der Waals surface area contributed by atoms with Crippen LogP contribution in [0.25, 0.3) is 0 Å². The fourth-order valence-corrected chi connectivity index (χ4v) is 5.68. The van der Waals surface area contributed by atoms with Crippen molar-refractivity contribution >= 4 is 46.7 Å². The molecule has 4 nitrogen and oxygen atoms in total. The van der Waals surface area contributed by atoms with Crippen molar-refractivity contribution in [2.24, 2.45) is 17.8 Å². The zero-order chi connectivity index (χ0) is 22.1. The molecule has 1 fully saturated rings. The number of allylic oxidation sites excluding steroid dienone is 3. The number of hydrogen-bond donors (Lipinski definition) is 3. The van der Waals surface area contributed by atoms with Crippen molar-refractivity contribution < 1.29 is 20.1 Å². The van der Waals surface area contributed by atoms with Gasteiger partial charge in [0.15, 0.2) is 0 Å². The number of aliphatic carboxylic acids is 1. The monoisotopic (exact) mass is 494 g/mol. The molecule has 0 radical (unpaired) electrons.